The van der Waals surface area contributed by atoms with E-state index in [0.717, 1.165) is 29.5 Å². The molecular formula is C24H25FO. The standard InChI is InChI=1S/C24H25FO/c1-15-8-11-24(26)18(4)23(15)10-9-19-13-21(12-16(2)17(19)3)20-6-5-7-22(25)14-20/h5-8,11-14,26H,9-10H2,1-4H3. The number of aryl methyl sites for hydroxylation is 3. The van der Waals surface area contributed by atoms with E-state index in [1.807, 2.05) is 19.1 Å². The molecule has 3 aromatic carbocycles. The van der Waals surface area contributed by atoms with E-state index in [0.29, 0.717) is 5.75 Å². The quantitative estimate of drug-likeness (QED) is 0.593. The number of rotatable bonds is 4. The smallest absolute Gasteiger partial charge is 0.123 e. The molecule has 2 heteroatoms. The fourth-order valence-electron chi connectivity index (χ4n) is 3.55. The lowest BCUT2D eigenvalue weighted by molar-refractivity contribution is 0.470. The third-order valence-electron chi connectivity index (χ3n) is 5.38. The van der Waals surface area contributed by atoms with Crippen LogP contribution >= 0.6 is 0 Å². The molecule has 0 saturated carbocycles. The zero-order chi connectivity index (χ0) is 18.8. The summed E-state index contributed by atoms with van der Waals surface area (Å²) in [6.07, 6.45) is 1.76. The van der Waals surface area contributed by atoms with Gasteiger partial charge in [0.15, 0.2) is 0 Å². The second kappa shape index (κ2) is 7.33. The minimum absolute atomic E-state index is 0.215. The molecule has 0 radical (unpaired) electrons. The average Bonchev–Trinajstić information content (AvgIpc) is 2.61. The van der Waals surface area contributed by atoms with E-state index >= 15 is 0 Å². The van der Waals surface area contributed by atoms with Gasteiger partial charge in [-0.1, -0.05) is 30.3 Å². The van der Waals surface area contributed by atoms with Gasteiger partial charge in [-0.25, -0.2) is 4.39 Å². The zero-order valence-electron chi connectivity index (χ0n) is 15.9. The third kappa shape index (κ3) is 3.65. The Hall–Kier alpha value is -2.61. The summed E-state index contributed by atoms with van der Waals surface area (Å²) in [5.41, 5.74) is 9.08. The van der Waals surface area contributed by atoms with Crippen molar-refractivity contribution in [1.82, 2.24) is 0 Å². The molecule has 0 aliphatic rings. The minimum Gasteiger partial charge on any atom is -0.508 e. The summed E-state index contributed by atoms with van der Waals surface area (Å²) in [5.74, 6) is 0.139. The molecule has 0 amide bonds. The predicted octanol–water partition coefficient (Wildman–Crippen LogP) is 6.22. The second-order valence-corrected chi connectivity index (χ2v) is 7.09. The van der Waals surface area contributed by atoms with Crippen LogP contribution in [0.2, 0.25) is 0 Å². The number of hydrogen-bond donors (Lipinski definition) is 1. The van der Waals surface area contributed by atoms with Gasteiger partial charge < -0.3 is 5.11 Å². The Kier molecular flexibility index (Phi) is 5.13. The molecule has 134 valence electrons. The van der Waals surface area contributed by atoms with Gasteiger partial charge in [0.2, 0.25) is 0 Å². The molecule has 0 aliphatic heterocycles. The second-order valence-electron chi connectivity index (χ2n) is 7.09. The van der Waals surface area contributed by atoms with E-state index in [4.69, 9.17) is 0 Å². The van der Waals surface area contributed by atoms with E-state index in [1.165, 1.54) is 33.9 Å². The maximum Gasteiger partial charge on any atom is 0.123 e. The van der Waals surface area contributed by atoms with Crippen LogP contribution < -0.4 is 0 Å². The van der Waals surface area contributed by atoms with E-state index in [2.05, 4.69) is 32.9 Å². The highest BCUT2D eigenvalue weighted by Gasteiger charge is 2.11. The van der Waals surface area contributed by atoms with Crippen molar-refractivity contribution in [1.29, 1.82) is 0 Å². The molecule has 0 aromatic heterocycles. The number of halogens is 1. The van der Waals surface area contributed by atoms with Gasteiger partial charge in [0.25, 0.3) is 0 Å². The molecule has 3 rings (SSSR count). The number of phenols is 1. The van der Waals surface area contributed by atoms with E-state index in [1.54, 1.807) is 18.2 Å². The average molecular weight is 348 g/mol. The van der Waals surface area contributed by atoms with Crippen molar-refractivity contribution in [2.75, 3.05) is 0 Å². The molecule has 0 atom stereocenters. The Morgan fingerprint density at radius 2 is 1.54 bits per heavy atom. The van der Waals surface area contributed by atoms with Crippen LogP contribution in [0.3, 0.4) is 0 Å². The van der Waals surface area contributed by atoms with Crippen molar-refractivity contribution in [3.05, 3.63) is 87.7 Å². The summed E-state index contributed by atoms with van der Waals surface area (Å²) in [4.78, 5) is 0. The summed E-state index contributed by atoms with van der Waals surface area (Å²) in [6.45, 7) is 8.30. The first kappa shape index (κ1) is 18.2. The lowest BCUT2D eigenvalue weighted by Gasteiger charge is -2.15. The van der Waals surface area contributed by atoms with Crippen LogP contribution in [0, 0.1) is 33.5 Å². The molecule has 0 heterocycles. The monoisotopic (exact) mass is 348 g/mol. The van der Waals surface area contributed by atoms with Crippen molar-refractivity contribution < 1.29 is 9.50 Å². The highest BCUT2D eigenvalue weighted by molar-refractivity contribution is 5.66. The molecule has 1 N–H and O–H groups in total. The maximum absolute atomic E-state index is 13.6. The molecule has 0 bridgehead atoms. The van der Waals surface area contributed by atoms with Gasteiger partial charge in [0, 0.05) is 0 Å². The van der Waals surface area contributed by atoms with Crippen molar-refractivity contribution >= 4 is 0 Å². The summed E-state index contributed by atoms with van der Waals surface area (Å²) < 4.78 is 13.6. The Balaban J connectivity index is 1.95. The van der Waals surface area contributed by atoms with Crippen LogP contribution in [0.25, 0.3) is 11.1 Å². The van der Waals surface area contributed by atoms with Crippen molar-refractivity contribution in [3.8, 4) is 16.9 Å². The van der Waals surface area contributed by atoms with Gasteiger partial charge >= 0.3 is 0 Å². The summed E-state index contributed by atoms with van der Waals surface area (Å²) >= 11 is 0. The SMILES string of the molecule is Cc1cc(-c2cccc(F)c2)cc(CCc2c(C)ccc(O)c2C)c1C. The lowest BCUT2D eigenvalue weighted by Crippen LogP contribution is -2.01. The van der Waals surface area contributed by atoms with Crippen LogP contribution in [0.5, 0.6) is 5.75 Å². The van der Waals surface area contributed by atoms with Gasteiger partial charge in [0.05, 0.1) is 0 Å². The number of aromatic hydroxyl groups is 1. The zero-order valence-corrected chi connectivity index (χ0v) is 15.9. The number of hydrogen-bond acceptors (Lipinski definition) is 1. The third-order valence-corrected chi connectivity index (χ3v) is 5.38. The highest BCUT2D eigenvalue weighted by atomic mass is 19.1. The molecule has 1 nitrogen and oxygen atoms in total. The fraction of sp³-hybridized carbons (Fsp3) is 0.250. The Morgan fingerprint density at radius 1 is 0.769 bits per heavy atom. The normalized spacial score (nSPS) is 11.0. The van der Waals surface area contributed by atoms with Crippen LogP contribution in [-0.4, -0.2) is 5.11 Å². The van der Waals surface area contributed by atoms with Crippen molar-refractivity contribution in [2.45, 2.75) is 40.5 Å². The first-order valence-corrected chi connectivity index (χ1v) is 9.01. The predicted molar refractivity (Wildman–Crippen MR) is 106 cm³/mol. The van der Waals surface area contributed by atoms with Gasteiger partial charge in [-0.2, -0.15) is 0 Å². The summed E-state index contributed by atoms with van der Waals surface area (Å²) in [7, 11) is 0. The largest absolute Gasteiger partial charge is 0.508 e. The molecule has 0 saturated heterocycles. The van der Waals surface area contributed by atoms with Gasteiger partial charge in [0.1, 0.15) is 11.6 Å². The summed E-state index contributed by atoms with van der Waals surface area (Å²) in [6, 6.07) is 14.8. The molecule has 0 spiro atoms. The van der Waals surface area contributed by atoms with E-state index in [-0.39, 0.29) is 5.82 Å². The minimum atomic E-state index is -0.215. The molecule has 26 heavy (non-hydrogen) atoms. The topological polar surface area (TPSA) is 20.2 Å². The van der Waals surface area contributed by atoms with Crippen LogP contribution in [-0.2, 0) is 12.8 Å². The first-order valence-electron chi connectivity index (χ1n) is 9.01. The Morgan fingerprint density at radius 3 is 2.27 bits per heavy atom. The number of benzene rings is 3. The molecule has 0 unspecified atom stereocenters. The van der Waals surface area contributed by atoms with Crippen molar-refractivity contribution in [2.24, 2.45) is 0 Å². The first-order chi connectivity index (χ1) is 12.4. The van der Waals surface area contributed by atoms with E-state index in [9.17, 15) is 9.50 Å². The fourth-order valence-corrected chi connectivity index (χ4v) is 3.55. The van der Waals surface area contributed by atoms with Gasteiger partial charge in [-0.05, 0) is 103 Å². The van der Waals surface area contributed by atoms with Crippen LogP contribution in [0.1, 0.15) is 33.4 Å². The van der Waals surface area contributed by atoms with E-state index < -0.39 is 0 Å². The van der Waals surface area contributed by atoms with Crippen LogP contribution in [0.15, 0.2) is 48.5 Å². The molecule has 0 fully saturated rings. The molecule has 3 aromatic rings. The van der Waals surface area contributed by atoms with Gasteiger partial charge in [-0.3, -0.25) is 0 Å². The Bertz CT molecular complexity index is 957. The van der Waals surface area contributed by atoms with Gasteiger partial charge in [-0.15, -0.1) is 0 Å². The maximum atomic E-state index is 13.6. The van der Waals surface area contributed by atoms with Crippen molar-refractivity contribution in [3.63, 3.8) is 0 Å². The summed E-state index contributed by atoms with van der Waals surface area (Å²) in [5, 5.41) is 10.0. The van der Waals surface area contributed by atoms with Crippen LogP contribution in [0.4, 0.5) is 4.39 Å². The number of phenolic OH excluding ortho intramolecular Hbond substituents is 1. The molecule has 0 aliphatic carbocycles. The molecular weight excluding hydrogens is 323 g/mol. The highest BCUT2D eigenvalue weighted by Crippen LogP contribution is 2.29. The Labute approximate surface area is 155 Å². The lowest BCUT2D eigenvalue weighted by atomic mass is 9.90.